The highest BCUT2D eigenvalue weighted by Gasteiger charge is 2.09. The van der Waals surface area contributed by atoms with Crippen LogP contribution in [0.1, 0.15) is 21.5 Å². The van der Waals surface area contributed by atoms with E-state index in [0.717, 1.165) is 29.7 Å². The van der Waals surface area contributed by atoms with Crippen molar-refractivity contribution in [3.8, 4) is 0 Å². The largest absolute Gasteiger partial charge is 0.352 e. The summed E-state index contributed by atoms with van der Waals surface area (Å²) >= 11 is 4.23. The molecule has 1 amide bonds. The number of thiol groups is 1. The number of hydrogen-bond acceptors (Lipinski definition) is 2. The van der Waals surface area contributed by atoms with Gasteiger partial charge in [-0.2, -0.15) is 12.6 Å². The van der Waals surface area contributed by atoms with Crippen molar-refractivity contribution in [3.05, 3.63) is 71.3 Å². The average molecular weight is 285 g/mol. The first-order chi connectivity index (χ1) is 9.81. The Labute approximate surface area is 125 Å². The summed E-state index contributed by atoms with van der Waals surface area (Å²) in [5.41, 5.74) is 3.05. The number of rotatable bonds is 6. The zero-order valence-electron chi connectivity index (χ0n) is 11.4. The second kappa shape index (κ2) is 7.75. The van der Waals surface area contributed by atoms with Crippen LogP contribution in [0.4, 0.5) is 0 Å². The van der Waals surface area contributed by atoms with Crippen LogP contribution in [-0.4, -0.2) is 18.2 Å². The lowest BCUT2D eigenvalue weighted by Crippen LogP contribution is -2.26. The van der Waals surface area contributed by atoms with Gasteiger partial charge in [0.1, 0.15) is 0 Å². The number of aryl methyl sites for hydroxylation is 1. The molecular weight excluding hydrogens is 266 g/mol. The Morgan fingerprint density at radius 1 is 0.950 bits per heavy atom. The molecule has 2 aromatic rings. The first-order valence-corrected chi connectivity index (χ1v) is 7.45. The van der Waals surface area contributed by atoms with Crippen LogP contribution in [0.25, 0.3) is 0 Å². The van der Waals surface area contributed by atoms with Crippen LogP contribution >= 0.6 is 12.6 Å². The van der Waals surface area contributed by atoms with Gasteiger partial charge < -0.3 is 5.32 Å². The molecule has 0 aliphatic rings. The highest BCUT2D eigenvalue weighted by molar-refractivity contribution is 7.80. The SMILES string of the molecule is O=C(NCCc1ccccc1)c1ccccc1CCS. The van der Waals surface area contributed by atoms with Crippen LogP contribution in [0.2, 0.25) is 0 Å². The standard InChI is InChI=1S/C17H19NOS/c19-17(16-9-5-4-8-15(16)11-13-20)18-12-10-14-6-2-1-3-7-14/h1-9,20H,10-13H2,(H,18,19). The fourth-order valence-electron chi connectivity index (χ4n) is 2.14. The number of hydrogen-bond donors (Lipinski definition) is 2. The summed E-state index contributed by atoms with van der Waals surface area (Å²) in [7, 11) is 0. The topological polar surface area (TPSA) is 29.1 Å². The van der Waals surface area contributed by atoms with Crippen LogP contribution < -0.4 is 5.32 Å². The van der Waals surface area contributed by atoms with Crippen molar-refractivity contribution in [1.29, 1.82) is 0 Å². The van der Waals surface area contributed by atoms with Gasteiger partial charge in [-0.15, -0.1) is 0 Å². The Morgan fingerprint density at radius 3 is 2.40 bits per heavy atom. The summed E-state index contributed by atoms with van der Waals surface area (Å²) in [6.07, 6.45) is 1.66. The Balaban J connectivity index is 1.92. The first-order valence-electron chi connectivity index (χ1n) is 6.82. The van der Waals surface area contributed by atoms with E-state index in [-0.39, 0.29) is 5.91 Å². The van der Waals surface area contributed by atoms with Crippen molar-refractivity contribution in [2.45, 2.75) is 12.8 Å². The van der Waals surface area contributed by atoms with Gasteiger partial charge in [-0.25, -0.2) is 0 Å². The van der Waals surface area contributed by atoms with Gasteiger partial charge in [0.05, 0.1) is 0 Å². The third-order valence-corrected chi connectivity index (χ3v) is 3.41. The quantitative estimate of drug-likeness (QED) is 0.785. The van der Waals surface area contributed by atoms with E-state index in [0.29, 0.717) is 6.54 Å². The maximum Gasteiger partial charge on any atom is 0.251 e. The van der Waals surface area contributed by atoms with E-state index in [4.69, 9.17) is 0 Å². The van der Waals surface area contributed by atoms with E-state index >= 15 is 0 Å². The molecule has 2 aromatic carbocycles. The minimum absolute atomic E-state index is 0.00156. The maximum absolute atomic E-state index is 12.2. The van der Waals surface area contributed by atoms with Gasteiger partial charge in [0.2, 0.25) is 0 Å². The molecule has 20 heavy (non-hydrogen) atoms. The Kier molecular flexibility index (Phi) is 5.69. The fourth-order valence-corrected chi connectivity index (χ4v) is 2.38. The number of carbonyl (C=O) groups excluding carboxylic acids is 1. The molecule has 104 valence electrons. The highest BCUT2D eigenvalue weighted by atomic mass is 32.1. The summed E-state index contributed by atoms with van der Waals surface area (Å²) in [5, 5.41) is 2.98. The molecular formula is C17H19NOS. The minimum atomic E-state index is -0.00156. The molecule has 0 saturated heterocycles. The Morgan fingerprint density at radius 2 is 1.65 bits per heavy atom. The molecule has 0 heterocycles. The van der Waals surface area contributed by atoms with Crippen LogP contribution in [0.5, 0.6) is 0 Å². The molecule has 2 rings (SSSR count). The van der Waals surface area contributed by atoms with E-state index in [2.05, 4.69) is 30.1 Å². The van der Waals surface area contributed by atoms with Crippen molar-refractivity contribution in [2.24, 2.45) is 0 Å². The van der Waals surface area contributed by atoms with Gasteiger partial charge in [0.25, 0.3) is 5.91 Å². The van der Waals surface area contributed by atoms with Gasteiger partial charge >= 0.3 is 0 Å². The molecule has 0 spiro atoms. The van der Waals surface area contributed by atoms with Crippen LogP contribution in [0.3, 0.4) is 0 Å². The summed E-state index contributed by atoms with van der Waals surface area (Å²) in [6, 6.07) is 17.9. The Hall–Kier alpha value is -1.74. The Bertz CT molecular complexity index is 554. The van der Waals surface area contributed by atoms with Crippen LogP contribution in [0, 0.1) is 0 Å². The molecule has 1 N–H and O–H groups in total. The predicted octanol–water partition coefficient (Wildman–Crippen LogP) is 3.13. The van der Waals surface area contributed by atoms with E-state index < -0.39 is 0 Å². The smallest absolute Gasteiger partial charge is 0.251 e. The molecule has 0 unspecified atom stereocenters. The van der Waals surface area contributed by atoms with Gasteiger partial charge in [-0.3, -0.25) is 4.79 Å². The number of amides is 1. The van der Waals surface area contributed by atoms with Crippen molar-refractivity contribution in [3.63, 3.8) is 0 Å². The molecule has 0 aromatic heterocycles. The molecule has 0 atom stereocenters. The molecule has 3 heteroatoms. The molecule has 0 saturated carbocycles. The van der Waals surface area contributed by atoms with E-state index in [1.807, 2.05) is 42.5 Å². The lowest BCUT2D eigenvalue weighted by Gasteiger charge is -2.09. The highest BCUT2D eigenvalue weighted by Crippen LogP contribution is 2.10. The summed E-state index contributed by atoms with van der Waals surface area (Å²) in [5.74, 6) is 0.743. The molecule has 2 nitrogen and oxygen atoms in total. The fraction of sp³-hybridized carbons (Fsp3) is 0.235. The lowest BCUT2D eigenvalue weighted by molar-refractivity contribution is 0.0953. The van der Waals surface area contributed by atoms with Crippen molar-refractivity contribution in [1.82, 2.24) is 5.32 Å². The normalized spacial score (nSPS) is 10.2. The molecule has 0 aliphatic heterocycles. The third-order valence-electron chi connectivity index (χ3n) is 3.19. The van der Waals surface area contributed by atoms with Crippen molar-refractivity contribution in [2.75, 3.05) is 12.3 Å². The number of nitrogens with one attached hydrogen (secondary N) is 1. The number of carbonyl (C=O) groups is 1. The average Bonchev–Trinajstić information content (AvgIpc) is 2.49. The zero-order valence-corrected chi connectivity index (χ0v) is 12.3. The van der Waals surface area contributed by atoms with Gasteiger partial charge in [-0.1, -0.05) is 48.5 Å². The molecule has 0 aliphatic carbocycles. The monoisotopic (exact) mass is 285 g/mol. The zero-order chi connectivity index (χ0) is 14.2. The molecule has 0 bridgehead atoms. The predicted molar refractivity (Wildman–Crippen MR) is 86.5 cm³/mol. The van der Waals surface area contributed by atoms with Crippen molar-refractivity contribution < 1.29 is 4.79 Å². The summed E-state index contributed by atoms with van der Waals surface area (Å²) in [4.78, 5) is 12.2. The third kappa shape index (κ3) is 4.14. The van der Waals surface area contributed by atoms with E-state index in [1.165, 1.54) is 5.56 Å². The lowest BCUT2D eigenvalue weighted by atomic mass is 10.0. The van der Waals surface area contributed by atoms with E-state index in [9.17, 15) is 4.79 Å². The van der Waals surface area contributed by atoms with Gasteiger partial charge in [0, 0.05) is 12.1 Å². The maximum atomic E-state index is 12.2. The van der Waals surface area contributed by atoms with Crippen molar-refractivity contribution >= 4 is 18.5 Å². The molecule has 0 radical (unpaired) electrons. The summed E-state index contributed by atoms with van der Waals surface area (Å²) < 4.78 is 0. The minimum Gasteiger partial charge on any atom is -0.352 e. The van der Waals surface area contributed by atoms with Crippen LogP contribution in [-0.2, 0) is 12.8 Å². The van der Waals surface area contributed by atoms with Gasteiger partial charge in [0.15, 0.2) is 0 Å². The van der Waals surface area contributed by atoms with Crippen LogP contribution in [0.15, 0.2) is 54.6 Å². The van der Waals surface area contributed by atoms with E-state index in [1.54, 1.807) is 0 Å². The second-order valence-corrected chi connectivity index (χ2v) is 5.07. The van der Waals surface area contributed by atoms with Gasteiger partial charge in [-0.05, 0) is 35.8 Å². The molecule has 0 fully saturated rings. The first kappa shape index (κ1) is 14.7. The number of benzene rings is 2. The summed E-state index contributed by atoms with van der Waals surface area (Å²) in [6.45, 7) is 0.651. The second-order valence-electron chi connectivity index (χ2n) is 4.62.